The van der Waals surface area contributed by atoms with Crippen molar-refractivity contribution in [1.82, 2.24) is 9.97 Å². The molecule has 1 aromatic heterocycles. The van der Waals surface area contributed by atoms with Gasteiger partial charge in [0.15, 0.2) is 23.3 Å². The van der Waals surface area contributed by atoms with E-state index in [9.17, 15) is 14.4 Å². The molecule has 0 saturated carbocycles. The summed E-state index contributed by atoms with van der Waals surface area (Å²) < 4.78 is 11.1. The number of aryl methyl sites for hydroxylation is 1. The summed E-state index contributed by atoms with van der Waals surface area (Å²) in [6.07, 6.45) is 0.0839. The number of ether oxygens (including phenoxy) is 2. The molecule has 1 atom stereocenters. The Hall–Kier alpha value is -3.79. The molecule has 0 saturated heterocycles. The fourth-order valence-electron chi connectivity index (χ4n) is 3.94. The lowest BCUT2D eigenvalue weighted by atomic mass is 9.86. The van der Waals surface area contributed by atoms with E-state index < -0.39 is 11.8 Å². The molecule has 2 amide bonds. The number of aromatic nitrogens is 2. The number of nitrogens with one attached hydrogen (secondary N) is 2. The molecule has 3 aromatic rings. The highest BCUT2D eigenvalue weighted by Gasteiger charge is 2.31. The van der Waals surface area contributed by atoms with E-state index in [0.717, 1.165) is 11.1 Å². The lowest BCUT2D eigenvalue weighted by molar-refractivity contribution is -0.120. The molecule has 1 aliphatic heterocycles. The van der Waals surface area contributed by atoms with Crippen molar-refractivity contribution in [2.45, 2.75) is 37.1 Å². The predicted molar refractivity (Wildman–Crippen MR) is 133 cm³/mol. The van der Waals surface area contributed by atoms with Crippen LogP contribution < -0.4 is 26.1 Å². The first-order valence-electron chi connectivity index (χ1n) is 11.1. The molecule has 0 spiro atoms. The number of thioether (sulfide) groups is 1. The van der Waals surface area contributed by atoms with Crippen LogP contribution in [0, 0.1) is 6.92 Å². The van der Waals surface area contributed by atoms with E-state index >= 15 is 0 Å². The number of carbonyl (C=O) groups excluding carboxylic acids is 2. The average molecular weight is 495 g/mol. The molecule has 0 fully saturated rings. The largest absolute Gasteiger partial charge is 0.490 e. The van der Waals surface area contributed by atoms with Crippen LogP contribution >= 0.6 is 11.8 Å². The highest BCUT2D eigenvalue weighted by molar-refractivity contribution is 7.98. The number of hydrogen-bond donors (Lipinski definition) is 3. The fraction of sp³-hybridized carbons (Fsp3) is 0.280. The Morgan fingerprint density at radius 2 is 2.00 bits per heavy atom. The highest BCUT2D eigenvalue weighted by Crippen LogP contribution is 2.38. The summed E-state index contributed by atoms with van der Waals surface area (Å²) in [5, 5.41) is 3.17. The molecule has 0 radical (unpaired) electrons. The molecule has 2 aromatic carbocycles. The van der Waals surface area contributed by atoms with Crippen LogP contribution in [-0.2, 0) is 15.3 Å². The summed E-state index contributed by atoms with van der Waals surface area (Å²) in [5.74, 6) is 0.276. The van der Waals surface area contributed by atoms with Crippen LogP contribution in [0.1, 0.15) is 41.5 Å². The standard InChI is InChI=1S/C25H26N4O5S/c1-3-33-19-10-16(7-8-18(19)34-12-20(26)30)17-11-21(31)27-23-22(17)24(32)29-25(28-23)35-13-15-6-4-5-14(2)9-15/h4-10,17H,3,11-13H2,1-2H3,(H2,26,30)(H2,27,28,29,31,32)/t17-/m1/s1. The van der Waals surface area contributed by atoms with E-state index in [0.29, 0.717) is 40.1 Å². The zero-order chi connectivity index (χ0) is 24.9. The topological polar surface area (TPSA) is 136 Å². The van der Waals surface area contributed by atoms with Gasteiger partial charge < -0.3 is 25.5 Å². The Balaban J connectivity index is 1.64. The Morgan fingerprint density at radius 1 is 1.17 bits per heavy atom. The van der Waals surface area contributed by atoms with Gasteiger partial charge in [-0.25, -0.2) is 4.98 Å². The van der Waals surface area contributed by atoms with Crippen molar-refractivity contribution in [3.05, 3.63) is 75.1 Å². The molecular weight excluding hydrogens is 468 g/mol. The number of carbonyl (C=O) groups is 2. The van der Waals surface area contributed by atoms with Crippen LogP contribution in [0.2, 0.25) is 0 Å². The average Bonchev–Trinajstić information content (AvgIpc) is 2.81. The van der Waals surface area contributed by atoms with Crippen molar-refractivity contribution >= 4 is 29.4 Å². The van der Waals surface area contributed by atoms with Gasteiger partial charge >= 0.3 is 0 Å². The van der Waals surface area contributed by atoms with Gasteiger partial charge in [0, 0.05) is 18.1 Å². The first kappa shape index (κ1) is 24.3. The molecule has 9 nitrogen and oxygen atoms in total. The Bertz CT molecular complexity index is 1320. The number of primary amides is 1. The molecule has 4 rings (SSSR count). The number of nitrogens with zero attached hydrogens (tertiary/aromatic N) is 1. The van der Waals surface area contributed by atoms with Crippen molar-refractivity contribution in [2.75, 3.05) is 18.5 Å². The number of nitrogens with two attached hydrogens (primary N) is 1. The number of rotatable bonds is 9. The molecule has 0 bridgehead atoms. The van der Waals surface area contributed by atoms with Crippen LogP contribution in [-0.4, -0.2) is 35.0 Å². The number of aromatic amines is 1. The van der Waals surface area contributed by atoms with Gasteiger partial charge in [0.25, 0.3) is 11.5 Å². The lowest BCUT2D eigenvalue weighted by Crippen LogP contribution is -2.31. The number of benzene rings is 2. The summed E-state index contributed by atoms with van der Waals surface area (Å²) in [6.45, 7) is 3.91. The third-order valence-corrected chi connectivity index (χ3v) is 6.37. The quantitative estimate of drug-likeness (QED) is 0.307. The fourth-order valence-corrected chi connectivity index (χ4v) is 4.74. The van der Waals surface area contributed by atoms with Gasteiger partial charge in [-0.2, -0.15) is 0 Å². The van der Waals surface area contributed by atoms with Gasteiger partial charge in [0.2, 0.25) is 5.91 Å². The van der Waals surface area contributed by atoms with E-state index in [1.54, 1.807) is 18.2 Å². The van der Waals surface area contributed by atoms with Crippen molar-refractivity contribution in [3.63, 3.8) is 0 Å². The molecule has 35 heavy (non-hydrogen) atoms. The maximum atomic E-state index is 13.1. The van der Waals surface area contributed by atoms with Crippen LogP contribution in [0.15, 0.2) is 52.4 Å². The van der Waals surface area contributed by atoms with Crippen LogP contribution in [0.3, 0.4) is 0 Å². The van der Waals surface area contributed by atoms with E-state index in [1.165, 1.54) is 11.8 Å². The van der Waals surface area contributed by atoms with Crippen LogP contribution in [0.4, 0.5) is 5.82 Å². The van der Waals surface area contributed by atoms with Gasteiger partial charge in [0.05, 0.1) is 12.2 Å². The van der Waals surface area contributed by atoms with Gasteiger partial charge in [-0.15, -0.1) is 0 Å². The van der Waals surface area contributed by atoms with Gasteiger partial charge in [-0.05, 0) is 37.1 Å². The zero-order valence-electron chi connectivity index (χ0n) is 19.4. The highest BCUT2D eigenvalue weighted by atomic mass is 32.2. The van der Waals surface area contributed by atoms with E-state index in [2.05, 4.69) is 21.4 Å². The molecule has 4 N–H and O–H groups in total. The van der Waals surface area contributed by atoms with Gasteiger partial charge in [0.1, 0.15) is 5.82 Å². The lowest BCUT2D eigenvalue weighted by Gasteiger charge is -2.25. The van der Waals surface area contributed by atoms with Crippen molar-refractivity contribution in [1.29, 1.82) is 0 Å². The summed E-state index contributed by atoms with van der Waals surface area (Å²) in [5.41, 5.74) is 8.22. The van der Waals surface area contributed by atoms with Crippen LogP contribution in [0.25, 0.3) is 0 Å². The molecular formula is C25H26N4O5S. The smallest absolute Gasteiger partial charge is 0.257 e. The molecule has 0 aliphatic carbocycles. The first-order valence-corrected chi connectivity index (χ1v) is 12.1. The Labute approximate surface area is 206 Å². The number of amides is 2. The second-order valence-electron chi connectivity index (χ2n) is 8.11. The maximum absolute atomic E-state index is 13.1. The van der Waals surface area contributed by atoms with Crippen molar-refractivity contribution < 1.29 is 19.1 Å². The minimum Gasteiger partial charge on any atom is -0.490 e. The van der Waals surface area contributed by atoms with Crippen molar-refractivity contribution in [3.8, 4) is 11.5 Å². The van der Waals surface area contributed by atoms with E-state index in [1.807, 2.05) is 32.0 Å². The van der Waals surface area contributed by atoms with E-state index in [-0.39, 0.29) is 30.3 Å². The Kier molecular flexibility index (Phi) is 7.40. The normalized spacial score (nSPS) is 14.7. The summed E-state index contributed by atoms with van der Waals surface area (Å²) in [6, 6.07) is 13.2. The van der Waals surface area contributed by atoms with Gasteiger partial charge in [-0.3, -0.25) is 14.4 Å². The molecule has 10 heteroatoms. The number of anilines is 1. The predicted octanol–water partition coefficient (Wildman–Crippen LogP) is 3.11. The monoisotopic (exact) mass is 494 g/mol. The minimum absolute atomic E-state index is 0.0839. The SMILES string of the molecule is CCOc1cc([C@H]2CC(=O)Nc3nc(SCc4cccc(C)c4)[nH]c(=O)c32)ccc1OCC(N)=O. The summed E-state index contributed by atoms with van der Waals surface area (Å²) in [4.78, 5) is 44.1. The third kappa shape index (κ3) is 5.83. The number of H-pyrrole nitrogens is 1. The second kappa shape index (κ2) is 10.6. The third-order valence-electron chi connectivity index (χ3n) is 5.43. The molecule has 182 valence electrons. The van der Waals surface area contributed by atoms with Gasteiger partial charge in [-0.1, -0.05) is 47.7 Å². The molecule has 0 unspecified atom stereocenters. The maximum Gasteiger partial charge on any atom is 0.257 e. The number of hydrogen-bond acceptors (Lipinski definition) is 7. The van der Waals surface area contributed by atoms with E-state index in [4.69, 9.17) is 15.2 Å². The summed E-state index contributed by atoms with van der Waals surface area (Å²) in [7, 11) is 0. The first-order chi connectivity index (χ1) is 16.8. The summed E-state index contributed by atoms with van der Waals surface area (Å²) >= 11 is 1.39. The van der Waals surface area contributed by atoms with Crippen molar-refractivity contribution in [2.24, 2.45) is 5.73 Å². The molecule has 1 aliphatic rings. The zero-order valence-corrected chi connectivity index (χ0v) is 20.2. The Morgan fingerprint density at radius 3 is 2.74 bits per heavy atom. The minimum atomic E-state index is -0.608. The second-order valence-corrected chi connectivity index (χ2v) is 9.07. The van der Waals surface area contributed by atoms with Crippen LogP contribution in [0.5, 0.6) is 11.5 Å². The molecule has 2 heterocycles. The number of fused-ring (bicyclic) bond motifs is 1.